The molecule has 0 atom stereocenters. The highest BCUT2D eigenvalue weighted by Gasteiger charge is 2.16. The lowest BCUT2D eigenvalue weighted by molar-refractivity contribution is 0.0695. The number of hydrogen-bond acceptors (Lipinski definition) is 3. The van der Waals surface area contributed by atoms with E-state index >= 15 is 0 Å². The lowest BCUT2D eigenvalue weighted by atomic mass is 10.0. The van der Waals surface area contributed by atoms with E-state index < -0.39 is 11.9 Å². The predicted molar refractivity (Wildman–Crippen MR) is 46.8 cm³/mol. The van der Waals surface area contributed by atoms with Crippen molar-refractivity contribution in [3.63, 3.8) is 0 Å². The van der Waals surface area contributed by atoms with Crippen LogP contribution in [0.4, 0.5) is 0 Å². The maximum Gasteiger partial charge on any atom is 0.336 e. The van der Waals surface area contributed by atoms with Gasteiger partial charge in [-0.1, -0.05) is 0 Å². The Labute approximate surface area is 79.2 Å². The monoisotopic (exact) mass is 196 g/mol. The summed E-state index contributed by atoms with van der Waals surface area (Å²) in [6, 6.07) is 2.04. The summed E-state index contributed by atoms with van der Waals surface area (Å²) in [6.07, 6.45) is 0. The van der Waals surface area contributed by atoms with Crippen molar-refractivity contribution in [3.05, 3.63) is 28.8 Å². The molecule has 0 unspecified atom stereocenters. The van der Waals surface area contributed by atoms with Crippen molar-refractivity contribution in [1.29, 1.82) is 0 Å². The fourth-order valence-corrected chi connectivity index (χ4v) is 1.14. The van der Waals surface area contributed by atoms with Crippen LogP contribution in [0.2, 0.25) is 0 Å². The van der Waals surface area contributed by atoms with Crippen LogP contribution in [-0.2, 0) is 0 Å². The lowest BCUT2D eigenvalue weighted by Crippen LogP contribution is -2.06. The van der Waals surface area contributed by atoms with Crippen molar-refractivity contribution in [2.24, 2.45) is 0 Å². The Morgan fingerprint density at radius 1 is 1.07 bits per heavy atom. The lowest BCUT2D eigenvalue weighted by Gasteiger charge is -2.05. The number of hydrogen-bond donors (Lipinski definition) is 3. The largest absolute Gasteiger partial charge is 0.508 e. The molecule has 0 aromatic heterocycles. The highest BCUT2D eigenvalue weighted by molar-refractivity contribution is 5.97. The van der Waals surface area contributed by atoms with Gasteiger partial charge in [0.1, 0.15) is 5.75 Å². The molecule has 0 bridgehead atoms. The summed E-state index contributed by atoms with van der Waals surface area (Å²) in [4.78, 5) is 21.3. The van der Waals surface area contributed by atoms with Crippen LogP contribution < -0.4 is 0 Å². The summed E-state index contributed by atoms with van der Waals surface area (Å²) in [5.41, 5.74) is -0.285. The quantitative estimate of drug-likeness (QED) is 0.658. The summed E-state index contributed by atoms with van der Waals surface area (Å²) in [5, 5.41) is 26.5. The standard InChI is InChI=1S/C9H8O5/c1-4-6(8(11)12)2-5(10)3-7(4)9(13)14/h2-3,10H,1H3,(H,11,12)(H,13,14). The molecule has 5 heteroatoms. The number of aromatic hydroxyl groups is 1. The van der Waals surface area contributed by atoms with E-state index in [4.69, 9.17) is 15.3 Å². The van der Waals surface area contributed by atoms with Crippen molar-refractivity contribution in [1.82, 2.24) is 0 Å². The minimum atomic E-state index is -1.26. The molecule has 1 rings (SSSR count). The van der Waals surface area contributed by atoms with Gasteiger partial charge in [-0.3, -0.25) is 0 Å². The topological polar surface area (TPSA) is 94.8 Å². The fourth-order valence-electron chi connectivity index (χ4n) is 1.14. The molecule has 0 aliphatic rings. The van der Waals surface area contributed by atoms with Crippen LogP contribution >= 0.6 is 0 Å². The van der Waals surface area contributed by atoms with Crippen LogP contribution in [0.15, 0.2) is 12.1 Å². The molecule has 0 spiro atoms. The molecule has 1 aromatic rings. The molecule has 0 saturated carbocycles. The zero-order valence-electron chi connectivity index (χ0n) is 7.31. The first-order valence-corrected chi connectivity index (χ1v) is 3.73. The average Bonchev–Trinajstić information content (AvgIpc) is 2.07. The minimum absolute atomic E-state index is 0.128. The number of carboxylic acids is 2. The molecule has 0 saturated heterocycles. The molecule has 0 radical (unpaired) electrons. The van der Waals surface area contributed by atoms with Gasteiger partial charge in [0.25, 0.3) is 0 Å². The molecular weight excluding hydrogens is 188 g/mol. The predicted octanol–water partition coefficient (Wildman–Crippen LogP) is 1.10. The van der Waals surface area contributed by atoms with Gasteiger partial charge in [0.05, 0.1) is 11.1 Å². The Bertz CT molecular complexity index is 373. The third-order valence-corrected chi connectivity index (χ3v) is 1.85. The van der Waals surface area contributed by atoms with E-state index in [1.165, 1.54) is 6.92 Å². The summed E-state index contributed by atoms with van der Waals surface area (Å²) in [6.45, 7) is 1.38. The number of carboxylic acid groups (broad SMARTS) is 2. The van der Waals surface area contributed by atoms with Gasteiger partial charge in [-0.15, -0.1) is 0 Å². The second kappa shape index (κ2) is 3.37. The Balaban J connectivity index is 3.47. The smallest absolute Gasteiger partial charge is 0.336 e. The molecule has 74 valence electrons. The third kappa shape index (κ3) is 1.66. The van der Waals surface area contributed by atoms with Gasteiger partial charge in [0, 0.05) is 0 Å². The first-order valence-electron chi connectivity index (χ1n) is 3.73. The molecule has 14 heavy (non-hydrogen) atoms. The molecule has 0 aliphatic heterocycles. The summed E-state index contributed by atoms with van der Waals surface area (Å²) in [5.74, 6) is -2.90. The molecule has 0 fully saturated rings. The van der Waals surface area contributed by atoms with E-state index in [0.717, 1.165) is 12.1 Å². The van der Waals surface area contributed by atoms with Crippen LogP contribution in [0.3, 0.4) is 0 Å². The van der Waals surface area contributed by atoms with Crippen LogP contribution in [0, 0.1) is 6.92 Å². The normalized spacial score (nSPS) is 9.79. The second-order valence-corrected chi connectivity index (χ2v) is 2.78. The van der Waals surface area contributed by atoms with Crippen molar-refractivity contribution >= 4 is 11.9 Å². The number of benzene rings is 1. The number of phenols is 1. The Kier molecular flexibility index (Phi) is 2.42. The fraction of sp³-hybridized carbons (Fsp3) is 0.111. The molecule has 0 heterocycles. The second-order valence-electron chi connectivity index (χ2n) is 2.78. The van der Waals surface area contributed by atoms with Gasteiger partial charge in [-0.05, 0) is 24.6 Å². The van der Waals surface area contributed by atoms with E-state index in [1.54, 1.807) is 0 Å². The Hall–Kier alpha value is -2.04. The van der Waals surface area contributed by atoms with Gasteiger partial charge < -0.3 is 15.3 Å². The Morgan fingerprint density at radius 3 is 1.71 bits per heavy atom. The zero-order valence-corrected chi connectivity index (χ0v) is 7.31. The minimum Gasteiger partial charge on any atom is -0.508 e. The molecule has 0 amide bonds. The Morgan fingerprint density at radius 2 is 1.43 bits per heavy atom. The van der Waals surface area contributed by atoms with Gasteiger partial charge >= 0.3 is 11.9 Å². The first kappa shape index (κ1) is 10.0. The van der Waals surface area contributed by atoms with Crippen LogP contribution in [0.1, 0.15) is 26.3 Å². The third-order valence-electron chi connectivity index (χ3n) is 1.85. The van der Waals surface area contributed by atoms with Crippen molar-refractivity contribution in [3.8, 4) is 5.75 Å². The summed E-state index contributed by atoms with van der Waals surface area (Å²) < 4.78 is 0. The van der Waals surface area contributed by atoms with Gasteiger partial charge in [0.15, 0.2) is 0 Å². The highest BCUT2D eigenvalue weighted by Crippen LogP contribution is 2.21. The highest BCUT2D eigenvalue weighted by atomic mass is 16.4. The zero-order chi connectivity index (χ0) is 10.9. The van der Waals surface area contributed by atoms with E-state index in [2.05, 4.69) is 0 Å². The SMILES string of the molecule is Cc1c(C(=O)O)cc(O)cc1C(=O)O. The summed E-state index contributed by atoms with van der Waals surface area (Å²) in [7, 11) is 0. The number of carbonyl (C=O) groups is 2. The van der Waals surface area contributed by atoms with E-state index in [9.17, 15) is 9.59 Å². The van der Waals surface area contributed by atoms with Gasteiger partial charge in [-0.2, -0.15) is 0 Å². The summed E-state index contributed by atoms with van der Waals surface area (Å²) >= 11 is 0. The average molecular weight is 196 g/mol. The van der Waals surface area contributed by atoms with Crippen LogP contribution in [0.5, 0.6) is 5.75 Å². The van der Waals surface area contributed by atoms with Gasteiger partial charge in [-0.25, -0.2) is 9.59 Å². The molecule has 1 aromatic carbocycles. The van der Waals surface area contributed by atoms with Crippen LogP contribution in [0.25, 0.3) is 0 Å². The molecule has 5 nitrogen and oxygen atoms in total. The van der Waals surface area contributed by atoms with Crippen LogP contribution in [-0.4, -0.2) is 27.3 Å². The van der Waals surface area contributed by atoms with E-state index in [0.29, 0.717) is 0 Å². The molecule has 0 aliphatic carbocycles. The number of phenolic OH excluding ortho intramolecular Hbond substituents is 1. The maximum absolute atomic E-state index is 10.6. The van der Waals surface area contributed by atoms with E-state index in [-0.39, 0.29) is 22.4 Å². The van der Waals surface area contributed by atoms with Crippen molar-refractivity contribution in [2.75, 3.05) is 0 Å². The molecule has 3 N–H and O–H groups in total. The number of aromatic carboxylic acids is 2. The molecular formula is C9H8O5. The van der Waals surface area contributed by atoms with Crippen molar-refractivity contribution < 1.29 is 24.9 Å². The number of rotatable bonds is 2. The first-order chi connectivity index (χ1) is 6.43. The van der Waals surface area contributed by atoms with E-state index in [1.807, 2.05) is 0 Å². The van der Waals surface area contributed by atoms with Crippen molar-refractivity contribution in [2.45, 2.75) is 6.92 Å². The van der Waals surface area contributed by atoms with Gasteiger partial charge in [0.2, 0.25) is 0 Å². The maximum atomic E-state index is 10.6.